The molecule has 152 valence electrons. The van der Waals surface area contributed by atoms with E-state index in [0.717, 1.165) is 22.3 Å². The fourth-order valence-electron chi connectivity index (χ4n) is 3.82. The summed E-state index contributed by atoms with van der Waals surface area (Å²) < 4.78 is 11.1. The van der Waals surface area contributed by atoms with E-state index >= 15 is 0 Å². The van der Waals surface area contributed by atoms with Crippen LogP contribution in [0.15, 0.2) is 60.2 Å². The minimum absolute atomic E-state index is 0.279. The lowest BCUT2D eigenvalue weighted by Gasteiger charge is -2.27. The van der Waals surface area contributed by atoms with Gasteiger partial charge in [0.25, 0.3) is 0 Å². The Morgan fingerprint density at radius 2 is 1.83 bits per heavy atom. The van der Waals surface area contributed by atoms with Crippen molar-refractivity contribution in [3.63, 3.8) is 0 Å². The van der Waals surface area contributed by atoms with Gasteiger partial charge in [0.1, 0.15) is 16.8 Å². The van der Waals surface area contributed by atoms with Crippen molar-refractivity contribution in [3.8, 4) is 5.75 Å². The van der Waals surface area contributed by atoms with Crippen LogP contribution in [0.4, 0.5) is 0 Å². The Morgan fingerprint density at radius 3 is 2.48 bits per heavy atom. The van der Waals surface area contributed by atoms with Gasteiger partial charge < -0.3 is 9.47 Å². The van der Waals surface area contributed by atoms with E-state index in [1.54, 1.807) is 0 Å². The summed E-state index contributed by atoms with van der Waals surface area (Å²) in [6, 6.07) is 15.8. The third kappa shape index (κ3) is 4.76. The molecule has 0 amide bonds. The van der Waals surface area contributed by atoms with Crippen molar-refractivity contribution in [3.05, 3.63) is 76.9 Å². The van der Waals surface area contributed by atoms with Gasteiger partial charge in [-0.05, 0) is 64.7 Å². The highest BCUT2D eigenvalue weighted by molar-refractivity contribution is 5.92. The number of carbonyl (C=O) groups is 2. The van der Waals surface area contributed by atoms with Crippen LogP contribution in [0.25, 0.3) is 0 Å². The first-order valence-electron chi connectivity index (χ1n) is 9.87. The molecule has 0 bridgehead atoms. The van der Waals surface area contributed by atoms with Gasteiger partial charge in [0, 0.05) is 11.6 Å². The van der Waals surface area contributed by atoms with Crippen LogP contribution in [0, 0.1) is 6.92 Å². The number of benzene rings is 2. The van der Waals surface area contributed by atoms with E-state index in [2.05, 4.69) is 0 Å². The Morgan fingerprint density at radius 1 is 1.14 bits per heavy atom. The lowest BCUT2D eigenvalue weighted by molar-refractivity contribution is -0.148. The molecule has 4 nitrogen and oxygen atoms in total. The third-order valence-electron chi connectivity index (χ3n) is 4.95. The average molecular weight is 392 g/mol. The standard InChI is InChI=1S/C25H28O4/c1-17-11-12-20-21(13-17)28-23(27)25(20,16-19-9-7-6-8-10-19)15-18(2)14-22(26)29-24(3,4)5/h6-14H,15-16H2,1-5H3/b18-14+/t25-/m0/s1. The van der Waals surface area contributed by atoms with Crippen molar-refractivity contribution in [1.29, 1.82) is 0 Å². The lowest BCUT2D eigenvalue weighted by atomic mass is 9.72. The molecule has 0 spiro atoms. The van der Waals surface area contributed by atoms with Gasteiger partial charge in [-0.2, -0.15) is 0 Å². The smallest absolute Gasteiger partial charge is 0.331 e. The summed E-state index contributed by atoms with van der Waals surface area (Å²) in [5.41, 5.74) is 2.30. The third-order valence-corrected chi connectivity index (χ3v) is 4.95. The van der Waals surface area contributed by atoms with Gasteiger partial charge in [-0.15, -0.1) is 0 Å². The van der Waals surface area contributed by atoms with E-state index < -0.39 is 17.0 Å². The zero-order chi connectivity index (χ0) is 21.2. The highest BCUT2D eigenvalue weighted by Gasteiger charge is 2.49. The van der Waals surface area contributed by atoms with E-state index in [-0.39, 0.29) is 5.97 Å². The molecular weight excluding hydrogens is 364 g/mol. The van der Waals surface area contributed by atoms with Crippen LogP contribution in [0.1, 0.15) is 50.8 Å². The zero-order valence-electron chi connectivity index (χ0n) is 17.7. The van der Waals surface area contributed by atoms with Crippen molar-refractivity contribution in [2.75, 3.05) is 0 Å². The molecular formula is C25H28O4. The minimum atomic E-state index is -0.868. The first kappa shape index (κ1) is 20.8. The van der Waals surface area contributed by atoms with Crippen LogP contribution in [0.2, 0.25) is 0 Å². The predicted octanol–water partition coefficient (Wildman–Crippen LogP) is 5.07. The van der Waals surface area contributed by atoms with Crippen molar-refractivity contribution in [1.82, 2.24) is 0 Å². The van der Waals surface area contributed by atoms with Crippen molar-refractivity contribution in [2.24, 2.45) is 0 Å². The Hall–Kier alpha value is -2.88. The van der Waals surface area contributed by atoms with Gasteiger partial charge in [-0.25, -0.2) is 4.79 Å². The zero-order valence-corrected chi connectivity index (χ0v) is 17.7. The molecule has 29 heavy (non-hydrogen) atoms. The maximum atomic E-state index is 13.2. The summed E-state index contributed by atoms with van der Waals surface area (Å²) in [5.74, 6) is -0.0738. The van der Waals surface area contributed by atoms with Gasteiger partial charge in [-0.3, -0.25) is 4.79 Å². The second kappa shape index (κ2) is 7.86. The fourth-order valence-corrected chi connectivity index (χ4v) is 3.82. The number of hydrogen-bond donors (Lipinski definition) is 0. The second-order valence-electron chi connectivity index (χ2n) is 8.83. The Bertz CT molecular complexity index is 951. The normalized spacial score (nSPS) is 18.9. The molecule has 1 heterocycles. The van der Waals surface area contributed by atoms with E-state index in [4.69, 9.17) is 9.47 Å². The molecule has 0 saturated carbocycles. The number of ether oxygens (including phenoxy) is 2. The first-order chi connectivity index (χ1) is 13.6. The number of hydrogen-bond acceptors (Lipinski definition) is 4. The molecule has 0 saturated heterocycles. The Balaban J connectivity index is 1.99. The maximum absolute atomic E-state index is 13.2. The molecule has 1 atom stereocenters. The van der Waals surface area contributed by atoms with Gasteiger partial charge in [0.2, 0.25) is 0 Å². The quantitative estimate of drug-likeness (QED) is 0.405. The molecule has 0 unspecified atom stereocenters. The number of carbonyl (C=O) groups excluding carboxylic acids is 2. The molecule has 3 rings (SSSR count). The number of fused-ring (bicyclic) bond motifs is 1. The molecule has 2 aromatic carbocycles. The molecule has 0 aromatic heterocycles. The average Bonchev–Trinajstić information content (AvgIpc) is 2.84. The van der Waals surface area contributed by atoms with Crippen LogP contribution >= 0.6 is 0 Å². The van der Waals surface area contributed by atoms with Crippen LogP contribution in [0.5, 0.6) is 5.75 Å². The predicted molar refractivity (Wildman–Crippen MR) is 113 cm³/mol. The molecule has 0 fully saturated rings. The number of rotatable bonds is 5. The maximum Gasteiger partial charge on any atom is 0.331 e. The monoisotopic (exact) mass is 392 g/mol. The molecule has 0 radical (unpaired) electrons. The Labute approximate surface area is 172 Å². The van der Waals surface area contributed by atoms with E-state index in [1.165, 1.54) is 6.08 Å². The van der Waals surface area contributed by atoms with Crippen LogP contribution in [0.3, 0.4) is 0 Å². The molecule has 4 heteroatoms. The summed E-state index contributed by atoms with van der Waals surface area (Å²) in [5, 5.41) is 0. The van der Waals surface area contributed by atoms with Crippen molar-refractivity contribution < 1.29 is 19.1 Å². The van der Waals surface area contributed by atoms with Crippen molar-refractivity contribution in [2.45, 2.75) is 58.5 Å². The summed E-state index contributed by atoms with van der Waals surface area (Å²) in [6.45, 7) is 9.32. The summed E-state index contributed by atoms with van der Waals surface area (Å²) in [6.07, 6.45) is 2.37. The summed E-state index contributed by atoms with van der Waals surface area (Å²) in [4.78, 5) is 25.4. The van der Waals surface area contributed by atoms with Crippen LogP contribution in [-0.2, 0) is 26.2 Å². The highest BCUT2D eigenvalue weighted by atomic mass is 16.6. The van der Waals surface area contributed by atoms with Crippen LogP contribution < -0.4 is 4.74 Å². The SMILES string of the molecule is C/C(=C\C(=O)OC(C)(C)C)C[C@@]1(Cc2ccccc2)C(=O)Oc2cc(C)ccc21. The molecule has 1 aliphatic heterocycles. The van der Waals surface area contributed by atoms with Crippen molar-refractivity contribution >= 4 is 11.9 Å². The van der Waals surface area contributed by atoms with Gasteiger partial charge in [0.15, 0.2) is 0 Å². The first-order valence-corrected chi connectivity index (χ1v) is 9.87. The number of esters is 2. The van der Waals surface area contributed by atoms with Gasteiger partial charge >= 0.3 is 11.9 Å². The van der Waals surface area contributed by atoms with Gasteiger partial charge in [0.05, 0.1) is 0 Å². The van der Waals surface area contributed by atoms with Gasteiger partial charge in [-0.1, -0.05) is 48.0 Å². The van der Waals surface area contributed by atoms with Crippen LogP contribution in [-0.4, -0.2) is 17.5 Å². The van der Waals surface area contributed by atoms with E-state index in [0.29, 0.717) is 18.6 Å². The second-order valence-corrected chi connectivity index (χ2v) is 8.83. The summed E-state index contributed by atoms with van der Waals surface area (Å²) in [7, 11) is 0. The highest BCUT2D eigenvalue weighted by Crippen LogP contribution is 2.46. The lowest BCUT2D eigenvalue weighted by Crippen LogP contribution is -2.36. The molecule has 0 aliphatic carbocycles. The Kier molecular flexibility index (Phi) is 5.65. The number of allylic oxidation sites excluding steroid dienone is 1. The summed E-state index contributed by atoms with van der Waals surface area (Å²) >= 11 is 0. The minimum Gasteiger partial charge on any atom is -0.457 e. The topological polar surface area (TPSA) is 52.6 Å². The fraction of sp³-hybridized carbons (Fsp3) is 0.360. The molecule has 2 aromatic rings. The molecule has 0 N–H and O–H groups in total. The molecule has 1 aliphatic rings. The largest absolute Gasteiger partial charge is 0.457 e. The number of aryl methyl sites for hydroxylation is 1. The van der Waals surface area contributed by atoms with E-state index in [1.807, 2.05) is 83.1 Å². The van der Waals surface area contributed by atoms with E-state index in [9.17, 15) is 9.59 Å².